The van der Waals surface area contributed by atoms with E-state index in [1.165, 1.54) is 12.1 Å². The minimum atomic E-state index is -0.532. The van der Waals surface area contributed by atoms with Crippen molar-refractivity contribution in [3.05, 3.63) is 99.7 Å². The molecule has 1 unspecified atom stereocenters. The van der Waals surface area contributed by atoms with Crippen molar-refractivity contribution in [2.45, 2.75) is 25.4 Å². The van der Waals surface area contributed by atoms with Gasteiger partial charge in [0, 0.05) is 47.0 Å². The summed E-state index contributed by atoms with van der Waals surface area (Å²) in [7, 11) is 3.18. The van der Waals surface area contributed by atoms with Crippen LogP contribution in [-0.4, -0.2) is 52.4 Å². The molecule has 6 rings (SSSR count). The van der Waals surface area contributed by atoms with Crippen molar-refractivity contribution in [3.8, 4) is 34.0 Å². The first kappa shape index (κ1) is 27.1. The second-order valence-electron chi connectivity index (χ2n) is 10.3. The Bertz CT molecular complexity index is 1800. The Labute approximate surface area is 241 Å². The summed E-state index contributed by atoms with van der Waals surface area (Å²) in [6.45, 7) is 0.349. The fraction of sp³-hybridized carbons (Fsp3) is 0.219. The third-order valence-electron chi connectivity index (χ3n) is 7.88. The molecule has 10 nitrogen and oxygen atoms in total. The lowest BCUT2D eigenvalue weighted by Crippen LogP contribution is -2.39. The predicted molar refractivity (Wildman–Crippen MR) is 159 cm³/mol. The molecule has 10 heteroatoms. The van der Waals surface area contributed by atoms with Gasteiger partial charge in [-0.3, -0.25) is 14.9 Å². The normalized spacial score (nSPS) is 12.8. The number of nitro benzene ring substituents is 1. The quantitative estimate of drug-likeness (QED) is 0.168. The van der Waals surface area contributed by atoms with Crippen molar-refractivity contribution < 1.29 is 24.3 Å². The number of carbonyl (C=O) groups is 1. The smallest absolute Gasteiger partial charge is 0.269 e. The second kappa shape index (κ2) is 11.1. The summed E-state index contributed by atoms with van der Waals surface area (Å²) in [6.07, 6.45) is 3.03. The van der Waals surface area contributed by atoms with Gasteiger partial charge in [0.05, 0.1) is 43.0 Å². The molecule has 1 aliphatic heterocycles. The number of nitrogens with one attached hydrogen (secondary N) is 2. The number of methoxy groups -OCH3 is 2. The third kappa shape index (κ3) is 4.75. The number of nitrogens with zero attached hydrogens (tertiary/aromatic N) is 2. The lowest BCUT2D eigenvalue weighted by Gasteiger charge is -2.23. The summed E-state index contributed by atoms with van der Waals surface area (Å²) in [6, 6.07) is 19.3. The summed E-state index contributed by atoms with van der Waals surface area (Å²) in [5.41, 5.74) is 6.50. The van der Waals surface area contributed by atoms with E-state index in [9.17, 15) is 20.0 Å². The maximum absolute atomic E-state index is 13.9. The van der Waals surface area contributed by atoms with Crippen LogP contribution in [0.15, 0.2) is 72.9 Å². The molecule has 0 aliphatic carbocycles. The van der Waals surface area contributed by atoms with E-state index in [2.05, 4.69) is 14.9 Å². The number of aromatic nitrogens is 2. The van der Waals surface area contributed by atoms with E-state index >= 15 is 0 Å². The zero-order valence-electron chi connectivity index (χ0n) is 23.2. The zero-order valence-corrected chi connectivity index (χ0v) is 23.2. The number of H-pyrrole nitrogens is 1. The Morgan fingerprint density at radius 2 is 1.83 bits per heavy atom. The molecule has 3 heterocycles. The maximum Gasteiger partial charge on any atom is 0.269 e. The third-order valence-corrected chi connectivity index (χ3v) is 7.88. The zero-order chi connectivity index (χ0) is 29.4. The number of ether oxygens (including phenoxy) is 2. The van der Waals surface area contributed by atoms with Gasteiger partial charge in [0.15, 0.2) is 11.5 Å². The number of aromatic amines is 1. The number of benzene rings is 3. The number of non-ortho nitro benzene ring substituents is 1. The van der Waals surface area contributed by atoms with Crippen molar-refractivity contribution in [2.24, 2.45) is 0 Å². The molecule has 0 fully saturated rings. The Hall–Kier alpha value is -5.09. The highest BCUT2D eigenvalue weighted by Crippen LogP contribution is 2.42. The van der Waals surface area contributed by atoms with Crippen LogP contribution in [0, 0.1) is 10.1 Å². The molecule has 0 spiro atoms. The first-order valence-corrected chi connectivity index (χ1v) is 13.6. The van der Waals surface area contributed by atoms with Gasteiger partial charge < -0.3 is 29.4 Å². The number of nitro groups is 1. The van der Waals surface area contributed by atoms with Crippen LogP contribution in [-0.2, 0) is 19.4 Å². The summed E-state index contributed by atoms with van der Waals surface area (Å²) in [5, 5.41) is 25.6. The number of amides is 1. The van der Waals surface area contributed by atoms with E-state index in [0.717, 1.165) is 33.3 Å². The number of aliphatic hydroxyl groups is 1. The first-order chi connectivity index (χ1) is 20.4. The minimum Gasteiger partial charge on any atom is -0.493 e. The van der Waals surface area contributed by atoms with Gasteiger partial charge in [0.1, 0.15) is 0 Å². The Morgan fingerprint density at radius 1 is 1.10 bits per heavy atom. The Kier molecular flexibility index (Phi) is 7.13. The number of aryl methyl sites for hydroxylation is 1. The van der Waals surface area contributed by atoms with Crippen molar-refractivity contribution in [3.63, 3.8) is 0 Å². The van der Waals surface area contributed by atoms with Crippen LogP contribution >= 0.6 is 0 Å². The molecular weight excluding hydrogens is 536 g/mol. The molecule has 42 heavy (non-hydrogen) atoms. The van der Waals surface area contributed by atoms with E-state index < -0.39 is 11.0 Å². The Morgan fingerprint density at radius 3 is 2.55 bits per heavy atom. The molecule has 0 radical (unpaired) electrons. The molecule has 1 atom stereocenters. The number of aliphatic hydroxyl groups excluding tert-OH is 1. The molecule has 2 aromatic heterocycles. The number of carbonyl (C=O) groups excluding carboxylic acids is 1. The van der Waals surface area contributed by atoms with Gasteiger partial charge >= 0.3 is 0 Å². The topological polar surface area (TPSA) is 132 Å². The monoisotopic (exact) mass is 566 g/mol. The number of hydrogen-bond acceptors (Lipinski definition) is 6. The lowest BCUT2D eigenvalue weighted by molar-refractivity contribution is -0.384. The van der Waals surface area contributed by atoms with Crippen LogP contribution in [0.5, 0.6) is 11.5 Å². The van der Waals surface area contributed by atoms with E-state index in [4.69, 9.17) is 9.47 Å². The van der Waals surface area contributed by atoms with Gasteiger partial charge in [-0.05, 0) is 65.9 Å². The molecule has 1 aliphatic rings. The number of para-hydroxylation sites is 1. The molecule has 0 saturated heterocycles. The first-order valence-electron chi connectivity index (χ1n) is 13.6. The van der Waals surface area contributed by atoms with Crippen LogP contribution < -0.4 is 14.8 Å². The number of fused-ring (bicyclic) bond motifs is 4. The van der Waals surface area contributed by atoms with Crippen molar-refractivity contribution >= 4 is 22.5 Å². The standard InChI is InChI=1S/C32H30N4O6/c1-41-29-14-20-11-12-35-28(25(20)16-30(29)42-2)15-26(31(35)19-7-9-23(10-8-19)36(39)40)32(38)34-22(18-37)13-21-17-33-27-6-4-3-5-24(21)27/h3-10,14-17,22,33,37H,11-13,18H2,1-2H3,(H,34,38). The molecular formula is C32H30N4O6. The SMILES string of the molecule is COc1cc2c(cc1OC)-c1cc(C(=O)NC(CO)Cc3c[nH]c4ccccc34)c(-c3ccc([N+](=O)[O-])cc3)n1CC2. The molecule has 3 aromatic carbocycles. The van der Waals surface area contributed by atoms with E-state index in [0.29, 0.717) is 47.7 Å². The van der Waals surface area contributed by atoms with Crippen molar-refractivity contribution in [2.75, 3.05) is 20.8 Å². The largest absolute Gasteiger partial charge is 0.493 e. The molecule has 3 N–H and O–H groups in total. The fourth-order valence-electron chi connectivity index (χ4n) is 5.82. The fourth-order valence-corrected chi connectivity index (χ4v) is 5.82. The molecule has 0 saturated carbocycles. The Balaban J connectivity index is 1.41. The van der Waals surface area contributed by atoms with Gasteiger partial charge in [0.25, 0.3) is 11.6 Å². The van der Waals surface area contributed by atoms with Gasteiger partial charge in [0.2, 0.25) is 0 Å². The number of hydrogen-bond donors (Lipinski definition) is 3. The molecule has 1 amide bonds. The van der Waals surface area contributed by atoms with Gasteiger partial charge in [-0.15, -0.1) is 0 Å². The highest BCUT2D eigenvalue weighted by atomic mass is 16.6. The van der Waals surface area contributed by atoms with Crippen LogP contribution in [0.4, 0.5) is 5.69 Å². The average Bonchev–Trinajstić information content (AvgIpc) is 3.62. The van der Waals surface area contributed by atoms with E-state index in [1.54, 1.807) is 26.4 Å². The number of rotatable bonds is 9. The van der Waals surface area contributed by atoms with Gasteiger partial charge in [-0.2, -0.15) is 0 Å². The predicted octanol–water partition coefficient (Wildman–Crippen LogP) is 5.12. The van der Waals surface area contributed by atoms with Crippen LogP contribution in [0.25, 0.3) is 33.4 Å². The van der Waals surface area contributed by atoms with Gasteiger partial charge in [-0.1, -0.05) is 18.2 Å². The van der Waals surface area contributed by atoms with Crippen LogP contribution in [0.3, 0.4) is 0 Å². The van der Waals surface area contributed by atoms with E-state index in [-0.39, 0.29) is 18.2 Å². The van der Waals surface area contributed by atoms with Crippen molar-refractivity contribution in [1.82, 2.24) is 14.9 Å². The second-order valence-corrected chi connectivity index (χ2v) is 10.3. The summed E-state index contributed by atoms with van der Waals surface area (Å²) in [4.78, 5) is 28.0. The summed E-state index contributed by atoms with van der Waals surface area (Å²) >= 11 is 0. The maximum atomic E-state index is 13.9. The van der Waals surface area contributed by atoms with Crippen LogP contribution in [0.2, 0.25) is 0 Å². The molecule has 0 bridgehead atoms. The van der Waals surface area contributed by atoms with Crippen LogP contribution in [0.1, 0.15) is 21.5 Å². The highest BCUT2D eigenvalue weighted by molar-refractivity contribution is 6.02. The average molecular weight is 567 g/mol. The summed E-state index contributed by atoms with van der Waals surface area (Å²) < 4.78 is 13.1. The van der Waals surface area contributed by atoms with Gasteiger partial charge in [-0.25, -0.2) is 0 Å². The minimum absolute atomic E-state index is 0.0311. The lowest BCUT2D eigenvalue weighted by atomic mass is 9.97. The molecule has 214 valence electrons. The van der Waals surface area contributed by atoms with Crippen molar-refractivity contribution in [1.29, 1.82) is 0 Å². The summed E-state index contributed by atoms with van der Waals surface area (Å²) in [5.74, 6) is 0.868. The highest BCUT2D eigenvalue weighted by Gasteiger charge is 2.29. The van der Waals surface area contributed by atoms with E-state index in [1.807, 2.05) is 48.7 Å². The molecule has 5 aromatic rings.